The van der Waals surface area contributed by atoms with Crippen molar-refractivity contribution in [1.29, 1.82) is 0 Å². The highest BCUT2D eigenvalue weighted by Crippen LogP contribution is 2.40. The van der Waals surface area contributed by atoms with E-state index in [9.17, 15) is 0 Å². The zero-order chi connectivity index (χ0) is 30.5. The van der Waals surface area contributed by atoms with Crippen LogP contribution in [0.2, 0.25) is 0 Å². The molecule has 9 aromatic rings. The van der Waals surface area contributed by atoms with Gasteiger partial charge in [0.05, 0.1) is 0 Å². The molecule has 46 heavy (non-hydrogen) atoms. The molecule has 0 aliphatic carbocycles. The van der Waals surface area contributed by atoms with Gasteiger partial charge in [0.1, 0.15) is 0 Å². The fourth-order valence-electron chi connectivity index (χ4n) is 6.69. The predicted octanol–water partition coefficient (Wildman–Crippen LogP) is 11.2. The number of rotatable bonds is 4. The molecule has 214 valence electrons. The van der Waals surface area contributed by atoms with Gasteiger partial charge in [-0.2, -0.15) is 0 Å². The Morgan fingerprint density at radius 2 is 0.826 bits per heavy atom. The van der Waals surface area contributed by atoms with Gasteiger partial charge in [0.15, 0.2) is 17.5 Å². The van der Waals surface area contributed by atoms with E-state index in [1.165, 1.54) is 38.1 Å². The minimum Gasteiger partial charge on any atom is -0.208 e. The first kappa shape index (κ1) is 26.2. The van der Waals surface area contributed by atoms with Crippen LogP contribution in [0.5, 0.6) is 0 Å². The Hall–Kier alpha value is -6.19. The van der Waals surface area contributed by atoms with E-state index in [2.05, 4.69) is 146 Å². The second-order valence-electron chi connectivity index (χ2n) is 11.6. The molecule has 9 rings (SSSR count). The number of hydrogen-bond donors (Lipinski definition) is 0. The summed E-state index contributed by atoms with van der Waals surface area (Å²) in [4.78, 5) is 15.2. The largest absolute Gasteiger partial charge is 0.208 e. The standard InChI is InChI=1S/C43H27N3/c1-2-13-31(14-3-1)41-44-42(33-26-23-28-11-4-5-15-32(28)27-33)46-43(45-41)39-22-10-18-35-36(19-9-20-37(35)39)38-21-8-16-30-25-24-29-12-6-7-17-34(29)40(30)38/h1-27H. The van der Waals surface area contributed by atoms with Gasteiger partial charge in [0, 0.05) is 16.7 Å². The van der Waals surface area contributed by atoms with E-state index in [0.29, 0.717) is 17.5 Å². The summed E-state index contributed by atoms with van der Waals surface area (Å²) in [5.41, 5.74) is 5.30. The monoisotopic (exact) mass is 585 g/mol. The molecule has 0 saturated heterocycles. The van der Waals surface area contributed by atoms with Crippen LogP contribution < -0.4 is 0 Å². The molecule has 0 radical (unpaired) electrons. The molecule has 1 aromatic heterocycles. The van der Waals surface area contributed by atoms with E-state index in [0.717, 1.165) is 32.8 Å². The fourth-order valence-corrected chi connectivity index (χ4v) is 6.69. The van der Waals surface area contributed by atoms with Crippen molar-refractivity contribution in [3.8, 4) is 45.3 Å². The summed E-state index contributed by atoms with van der Waals surface area (Å²) in [6.07, 6.45) is 0. The molecule has 1 heterocycles. The highest BCUT2D eigenvalue weighted by molar-refractivity contribution is 6.17. The molecule has 0 unspecified atom stereocenters. The molecule has 3 nitrogen and oxygen atoms in total. The van der Waals surface area contributed by atoms with Crippen molar-refractivity contribution in [3.63, 3.8) is 0 Å². The third kappa shape index (κ3) is 4.41. The minimum atomic E-state index is 0.655. The molecular weight excluding hydrogens is 558 g/mol. The molecule has 0 aliphatic heterocycles. The van der Waals surface area contributed by atoms with Crippen molar-refractivity contribution >= 4 is 43.1 Å². The van der Waals surface area contributed by atoms with Gasteiger partial charge in [-0.1, -0.05) is 158 Å². The van der Waals surface area contributed by atoms with Gasteiger partial charge in [-0.25, -0.2) is 15.0 Å². The Bertz CT molecular complexity index is 2590. The van der Waals surface area contributed by atoms with Crippen LogP contribution in [-0.4, -0.2) is 15.0 Å². The molecule has 0 saturated carbocycles. The number of hydrogen-bond acceptors (Lipinski definition) is 3. The van der Waals surface area contributed by atoms with Gasteiger partial charge in [-0.3, -0.25) is 0 Å². The maximum Gasteiger partial charge on any atom is 0.164 e. The fraction of sp³-hybridized carbons (Fsp3) is 0. The van der Waals surface area contributed by atoms with Gasteiger partial charge in [0.25, 0.3) is 0 Å². The van der Waals surface area contributed by atoms with E-state index < -0.39 is 0 Å². The maximum absolute atomic E-state index is 5.13. The first-order valence-electron chi connectivity index (χ1n) is 15.5. The predicted molar refractivity (Wildman–Crippen MR) is 192 cm³/mol. The highest BCUT2D eigenvalue weighted by atomic mass is 15.0. The summed E-state index contributed by atoms with van der Waals surface area (Å²) >= 11 is 0. The topological polar surface area (TPSA) is 38.7 Å². The molecule has 3 heteroatoms. The van der Waals surface area contributed by atoms with Crippen molar-refractivity contribution in [2.75, 3.05) is 0 Å². The van der Waals surface area contributed by atoms with E-state index in [4.69, 9.17) is 15.0 Å². The lowest BCUT2D eigenvalue weighted by atomic mass is 9.90. The molecule has 0 amide bonds. The average Bonchev–Trinajstić information content (AvgIpc) is 3.14. The van der Waals surface area contributed by atoms with Gasteiger partial charge in [-0.05, 0) is 60.3 Å². The number of benzene rings is 8. The van der Waals surface area contributed by atoms with Crippen LogP contribution in [0.4, 0.5) is 0 Å². The van der Waals surface area contributed by atoms with E-state index in [1.807, 2.05) is 18.2 Å². The summed E-state index contributed by atoms with van der Waals surface area (Å²) in [7, 11) is 0. The number of fused-ring (bicyclic) bond motifs is 5. The Kier molecular flexibility index (Phi) is 6.14. The SMILES string of the molecule is c1ccc(-c2nc(-c3ccc4ccccc4c3)nc(-c3cccc4c(-c5cccc6ccc7ccccc7c56)cccc34)n2)cc1. The van der Waals surface area contributed by atoms with Crippen molar-refractivity contribution in [1.82, 2.24) is 15.0 Å². The molecular formula is C43H27N3. The molecule has 0 atom stereocenters. The van der Waals surface area contributed by atoms with Gasteiger partial charge in [0.2, 0.25) is 0 Å². The van der Waals surface area contributed by atoms with Crippen LogP contribution in [0.15, 0.2) is 164 Å². The molecule has 0 bridgehead atoms. The Labute approximate surface area is 266 Å². The van der Waals surface area contributed by atoms with E-state index in [1.54, 1.807) is 0 Å². The summed E-state index contributed by atoms with van der Waals surface area (Å²) in [5, 5.41) is 9.60. The maximum atomic E-state index is 5.13. The van der Waals surface area contributed by atoms with Gasteiger partial charge < -0.3 is 0 Å². The quantitative estimate of drug-likeness (QED) is 0.193. The molecule has 0 fully saturated rings. The molecule has 0 spiro atoms. The van der Waals surface area contributed by atoms with Crippen molar-refractivity contribution < 1.29 is 0 Å². The van der Waals surface area contributed by atoms with E-state index in [-0.39, 0.29) is 0 Å². The highest BCUT2D eigenvalue weighted by Gasteiger charge is 2.17. The Balaban J connectivity index is 1.28. The third-order valence-corrected chi connectivity index (χ3v) is 8.90. The average molecular weight is 586 g/mol. The number of nitrogens with zero attached hydrogens (tertiary/aromatic N) is 3. The summed E-state index contributed by atoms with van der Waals surface area (Å²) in [6.45, 7) is 0. The summed E-state index contributed by atoms with van der Waals surface area (Å²) in [6, 6.07) is 57.6. The molecule has 8 aromatic carbocycles. The number of aromatic nitrogens is 3. The zero-order valence-corrected chi connectivity index (χ0v) is 24.9. The van der Waals surface area contributed by atoms with Crippen molar-refractivity contribution in [2.24, 2.45) is 0 Å². The lowest BCUT2D eigenvalue weighted by Crippen LogP contribution is -2.00. The molecule has 0 N–H and O–H groups in total. The summed E-state index contributed by atoms with van der Waals surface area (Å²) in [5.74, 6) is 1.97. The van der Waals surface area contributed by atoms with Crippen LogP contribution >= 0.6 is 0 Å². The third-order valence-electron chi connectivity index (χ3n) is 8.90. The first-order chi connectivity index (χ1) is 22.8. The summed E-state index contributed by atoms with van der Waals surface area (Å²) < 4.78 is 0. The normalized spacial score (nSPS) is 11.5. The zero-order valence-electron chi connectivity index (χ0n) is 24.9. The van der Waals surface area contributed by atoms with Crippen LogP contribution in [0, 0.1) is 0 Å². The minimum absolute atomic E-state index is 0.655. The van der Waals surface area contributed by atoms with Crippen molar-refractivity contribution in [2.45, 2.75) is 0 Å². The second kappa shape index (κ2) is 10.8. The van der Waals surface area contributed by atoms with Crippen molar-refractivity contribution in [3.05, 3.63) is 164 Å². The Morgan fingerprint density at radius 3 is 1.67 bits per heavy atom. The van der Waals surface area contributed by atoms with Gasteiger partial charge >= 0.3 is 0 Å². The molecule has 0 aliphatic rings. The van der Waals surface area contributed by atoms with Crippen LogP contribution in [0.25, 0.3) is 88.4 Å². The van der Waals surface area contributed by atoms with Crippen LogP contribution in [0.3, 0.4) is 0 Å². The van der Waals surface area contributed by atoms with E-state index >= 15 is 0 Å². The van der Waals surface area contributed by atoms with Crippen LogP contribution in [0.1, 0.15) is 0 Å². The smallest absolute Gasteiger partial charge is 0.164 e. The lowest BCUT2D eigenvalue weighted by molar-refractivity contribution is 1.08. The Morgan fingerprint density at radius 1 is 0.283 bits per heavy atom. The lowest BCUT2D eigenvalue weighted by Gasteiger charge is -2.15. The second-order valence-corrected chi connectivity index (χ2v) is 11.6. The van der Waals surface area contributed by atoms with Crippen LogP contribution in [-0.2, 0) is 0 Å². The van der Waals surface area contributed by atoms with Gasteiger partial charge in [-0.15, -0.1) is 0 Å². The first-order valence-corrected chi connectivity index (χ1v) is 15.5.